The van der Waals surface area contributed by atoms with E-state index in [0.29, 0.717) is 50.5 Å². The Morgan fingerprint density at radius 2 is 1.74 bits per heavy atom. The van der Waals surface area contributed by atoms with Crippen LogP contribution in [0.25, 0.3) is 11.0 Å². The minimum atomic E-state index is -0.306. The molecular weight excluding hydrogens is 500 g/mol. The Kier molecular flexibility index (Phi) is 7.94. The number of aryl methyl sites for hydroxylation is 1. The van der Waals surface area contributed by atoms with Crippen molar-refractivity contribution in [3.63, 3.8) is 0 Å². The first-order valence-electron chi connectivity index (χ1n) is 13.4. The monoisotopic (exact) mass is 534 g/mol. The van der Waals surface area contributed by atoms with Crippen LogP contribution in [0.15, 0.2) is 42.5 Å². The molecule has 2 aliphatic heterocycles. The highest BCUT2D eigenvalue weighted by molar-refractivity contribution is 6.21. The van der Waals surface area contributed by atoms with Crippen molar-refractivity contribution >= 4 is 28.8 Å². The number of ether oxygens (including phenoxy) is 2. The van der Waals surface area contributed by atoms with E-state index in [1.165, 1.54) is 4.90 Å². The molecule has 39 heavy (non-hydrogen) atoms. The molecule has 0 saturated carbocycles. The SMILES string of the molecule is CC[n+]1c(CN2C(=O)c3ccccc3C2=O)n(CC2CCN(C(=O)COCCOC)CC2)c2cc([O-])ccc21. The molecule has 2 aliphatic rings. The van der Waals surface area contributed by atoms with Crippen molar-refractivity contribution in [3.05, 3.63) is 59.4 Å². The molecule has 10 nitrogen and oxygen atoms in total. The molecule has 3 aromatic rings. The Hall–Kier alpha value is -3.76. The van der Waals surface area contributed by atoms with Crippen molar-refractivity contribution in [2.45, 2.75) is 39.4 Å². The second-order valence-electron chi connectivity index (χ2n) is 10.0. The third kappa shape index (κ3) is 5.26. The van der Waals surface area contributed by atoms with Crippen LogP contribution in [0.2, 0.25) is 0 Å². The number of rotatable bonds is 10. The fourth-order valence-electron chi connectivity index (χ4n) is 5.64. The van der Waals surface area contributed by atoms with E-state index in [0.717, 1.165) is 29.7 Å². The number of benzene rings is 2. The highest BCUT2D eigenvalue weighted by Crippen LogP contribution is 2.28. The molecule has 0 bridgehead atoms. The Balaban J connectivity index is 1.37. The summed E-state index contributed by atoms with van der Waals surface area (Å²) in [5, 5.41) is 12.4. The van der Waals surface area contributed by atoms with E-state index in [4.69, 9.17) is 9.47 Å². The van der Waals surface area contributed by atoms with Gasteiger partial charge in [-0.3, -0.25) is 19.3 Å². The summed E-state index contributed by atoms with van der Waals surface area (Å²) in [6.45, 7) is 5.51. The second-order valence-corrected chi connectivity index (χ2v) is 10.0. The van der Waals surface area contributed by atoms with E-state index < -0.39 is 0 Å². The third-order valence-electron chi connectivity index (χ3n) is 7.71. The van der Waals surface area contributed by atoms with Gasteiger partial charge in [0.1, 0.15) is 13.2 Å². The predicted octanol–water partition coefficient (Wildman–Crippen LogP) is 1.72. The maximum absolute atomic E-state index is 13.2. The second kappa shape index (κ2) is 11.5. The Morgan fingerprint density at radius 3 is 2.38 bits per heavy atom. The molecule has 0 atom stereocenters. The number of imidazole rings is 1. The zero-order valence-corrected chi connectivity index (χ0v) is 22.4. The number of aromatic nitrogens is 2. The summed E-state index contributed by atoms with van der Waals surface area (Å²) >= 11 is 0. The predicted molar refractivity (Wildman–Crippen MR) is 140 cm³/mol. The van der Waals surface area contributed by atoms with Gasteiger partial charge in [0.25, 0.3) is 17.6 Å². The molecule has 1 fully saturated rings. The summed E-state index contributed by atoms with van der Waals surface area (Å²) in [7, 11) is 1.59. The molecule has 0 spiro atoms. The van der Waals surface area contributed by atoms with Crippen LogP contribution in [0, 0.1) is 5.92 Å². The summed E-state index contributed by atoms with van der Waals surface area (Å²) < 4.78 is 14.5. The average Bonchev–Trinajstić information content (AvgIpc) is 3.37. The van der Waals surface area contributed by atoms with Crippen LogP contribution in [0.1, 0.15) is 46.3 Å². The molecule has 3 heterocycles. The quantitative estimate of drug-likeness (QED) is 0.223. The van der Waals surface area contributed by atoms with Gasteiger partial charge < -0.3 is 19.5 Å². The van der Waals surface area contributed by atoms with Crippen molar-refractivity contribution in [1.29, 1.82) is 0 Å². The number of methoxy groups -OCH3 is 1. The molecule has 0 N–H and O–H groups in total. The van der Waals surface area contributed by atoms with Gasteiger partial charge in [-0.25, -0.2) is 9.13 Å². The molecule has 10 heteroatoms. The van der Waals surface area contributed by atoms with Gasteiger partial charge >= 0.3 is 0 Å². The molecule has 0 unspecified atom stereocenters. The van der Waals surface area contributed by atoms with Gasteiger partial charge in [-0.05, 0) is 44.0 Å². The highest BCUT2D eigenvalue weighted by Gasteiger charge is 2.39. The number of carbonyl (C=O) groups excluding carboxylic acids is 3. The van der Waals surface area contributed by atoms with Crippen LogP contribution < -0.4 is 9.67 Å². The smallest absolute Gasteiger partial charge is 0.277 e. The number of piperidine rings is 1. The van der Waals surface area contributed by atoms with E-state index in [-0.39, 0.29) is 42.5 Å². The van der Waals surface area contributed by atoms with Crippen LogP contribution >= 0.6 is 0 Å². The topological polar surface area (TPSA) is 108 Å². The number of hydrogen-bond acceptors (Lipinski definition) is 6. The average molecular weight is 535 g/mol. The summed E-state index contributed by atoms with van der Waals surface area (Å²) in [5.41, 5.74) is 2.52. The normalized spacial score (nSPS) is 15.9. The number of hydrogen-bond donors (Lipinski definition) is 0. The molecule has 206 valence electrons. The third-order valence-corrected chi connectivity index (χ3v) is 7.71. The lowest BCUT2D eigenvalue weighted by Gasteiger charge is -2.31. The Morgan fingerprint density at radius 1 is 1.05 bits per heavy atom. The zero-order valence-electron chi connectivity index (χ0n) is 22.4. The van der Waals surface area contributed by atoms with Crippen LogP contribution in [0.3, 0.4) is 0 Å². The fraction of sp³-hybridized carbons (Fsp3) is 0.448. The lowest BCUT2D eigenvalue weighted by molar-refractivity contribution is -0.677. The summed E-state index contributed by atoms with van der Waals surface area (Å²) in [6.07, 6.45) is 1.61. The van der Waals surface area contributed by atoms with Crippen molar-refractivity contribution < 1.29 is 33.5 Å². The molecule has 2 aromatic carbocycles. The lowest BCUT2D eigenvalue weighted by atomic mass is 9.96. The Labute approximate surface area is 227 Å². The minimum Gasteiger partial charge on any atom is -0.872 e. The first-order valence-corrected chi connectivity index (χ1v) is 13.4. The number of nitrogens with zero attached hydrogens (tertiary/aromatic N) is 4. The van der Waals surface area contributed by atoms with Gasteiger partial charge in [0, 0.05) is 26.1 Å². The zero-order chi connectivity index (χ0) is 27.5. The first kappa shape index (κ1) is 26.8. The van der Waals surface area contributed by atoms with Gasteiger partial charge in [0.05, 0.1) is 37.4 Å². The standard InChI is InChI=1S/C29H34N4O6/c1-3-31-24-9-8-21(34)16-25(24)32(17-20-10-12-30(13-11-20)27(35)19-39-15-14-38-2)26(31)18-33-28(36)22-6-4-5-7-23(22)29(33)37/h4-9,16,20H,3,10-15,17-19H2,1-2H3. The number of imide groups is 1. The summed E-state index contributed by atoms with van der Waals surface area (Å²) in [4.78, 5) is 42.0. The molecule has 0 radical (unpaired) electrons. The van der Waals surface area contributed by atoms with Gasteiger partial charge in [0.15, 0.2) is 11.0 Å². The minimum absolute atomic E-state index is 0.0258. The van der Waals surface area contributed by atoms with Crippen LogP contribution in [0.4, 0.5) is 0 Å². The molecular formula is C29H34N4O6. The van der Waals surface area contributed by atoms with E-state index >= 15 is 0 Å². The van der Waals surface area contributed by atoms with Crippen molar-refractivity contribution in [1.82, 2.24) is 14.4 Å². The van der Waals surface area contributed by atoms with E-state index in [9.17, 15) is 19.5 Å². The first-order chi connectivity index (χ1) is 18.9. The van der Waals surface area contributed by atoms with Gasteiger partial charge in [-0.2, -0.15) is 0 Å². The van der Waals surface area contributed by atoms with E-state index in [2.05, 4.69) is 9.13 Å². The maximum Gasteiger partial charge on any atom is 0.277 e. The lowest BCUT2D eigenvalue weighted by Crippen LogP contribution is -2.43. The maximum atomic E-state index is 13.2. The number of likely N-dealkylation sites (tertiary alicyclic amines) is 1. The van der Waals surface area contributed by atoms with Crippen LogP contribution in [0.5, 0.6) is 5.75 Å². The number of fused-ring (bicyclic) bond motifs is 2. The van der Waals surface area contributed by atoms with Crippen LogP contribution in [-0.2, 0) is 33.9 Å². The number of carbonyl (C=O) groups is 3. The van der Waals surface area contributed by atoms with Crippen molar-refractivity contribution in [2.24, 2.45) is 5.92 Å². The summed E-state index contributed by atoms with van der Waals surface area (Å²) in [6, 6.07) is 11.9. The molecule has 0 aliphatic carbocycles. The Bertz CT molecular complexity index is 1360. The van der Waals surface area contributed by atoms with E-state index in [1.54, 1.807) is 43.5 Å². The van der Waals surface area contributed by atoms with Crippen molar-refractivity contribution in [3.8, 4) is 5.75 Å². The highest BCUT2D eigenvalue weighted by atomic mass is 16.5. The van der Waals surface area contributed by atoms with Gasteiger partial charge in [0.2, 0.25) is 5.91 Å². The fourth-order valence-corrected chi connectivity index (χ4v) is 5.64. The van der Waals surface area contributed by atoms with Crippen LogP contribution in [-0.4, -0.2) is 72.1 Å². The van der Waals surface area contributed by atoms with Gasteiger partial charge in [-0.15, -0.1) is 5.75 Å². The molecule has 1 aromatic heterocycles. The molecule has 1 saturated heterocycles. The number of amides is 3. The summed E-state index contributed by atoms with van der Waals surface area (Å²) in [5.74, 6) is 0.337. The largest absolute Gasteiger partial charge is 0.872 e. The van der Waals surface area contributed by atoms with Crippen molar-refractivity contribution in [2.75, 3.05) is 40.0 Å². The van der Waals surface area contributed by atoms with E-state index in [1.807, 2.05) is 17.9 Å². The molecule has 5 rings (SSSR count). The molecule has 3 amide bonds. The van der Waals surface area contributed by atoms with Gasteiger partial charge in [-0.1, -0.05) is 18.2 Å².